The molecule has 2 rings (SSSR count). The van der Waals surface area contributed by atoms with Crippen LogP contribution in [0.2, 0.25) is 0 Å². The zero-order chi connectivity index (χ0) is 13.7. The van der Waals surface area contributed by atoms with Crippen LogP contribution in [0.4, 0.5) is 5.82 Å². The van der Waals surface area contributed by atoms with Crippen LogP contribution in [0.5, 0.6) is 5.75 Å². The highest BCUT2D eigenvalue weighted by Gasteiger charge is 2.26. The Kier molecular flexibility index (Phi) is 4.40. The number of ether oxygens (including phenoxy) is 2. The molecule has 1 saturated heterocycles. The van der Waals surface area contributed by atoms with Gasteiger partial charge in [0.25, 0.3) is 0 Å². The molecule has 1 aliphatic heterocycles. The molecule has 1 fully saturated rings. The molecule has 0 radical (unpaired) electrons. The second kappa shape index (κ2) is 6.24. The number of amidine groups is 1. The molecule has 7 nitrogen and oxygen atoms in total. The van der Waals surface area contributed by atoms with Crippen molar-refractivity contribution in [2.45, 2.75) is 13.0 Å². The van der Waals surface area contributed by atoms with Crippen LogP contribution in [0.1, 0.15) is 6.92 Å². The van der Waals surface area contributed by atoms with Gasteiger partial charge >= 0.3 is 0 Å². The van der Waals surface area contributed by atoms with Gasteiger partial charge in [0.2, 0.25) is 0 Å². The van der Waals surface area contributed by atoms with E-state index in [0.717, 1.165) is 11.6 Å². The van der Waals surface area contributed by atoms with E-state index in [4.69, 9.17) is 20.4 Å². The van der Waals surface area contributed by atoms with Gasteiger partial charge in [-0.1, -0.05) is 5.16 Å². The quantitative estimate of drug-likeness (QED) is 0.355. The number of morpholine rings is 1. The van der Waals surface area contributed by atoms with Gasteiger partial charge in [-0.25, -0.2) is 4.98 Å². The minimum absolute atomic E-state index is 0.0681. The van der Waals surface area contributed by atoms with Crippen LogP contribution in [0, 0.1) is 0 Å². The van der Waals surface area contributed by atoms with E-state index in [-0.39, 0.29) is 5.84 Å². The second-order valence-electron chi connectivity index (χ2n) is 4.09. The van der Waals surface area contributed by atoms with Crippen LogP contribution in [-0.2, 0) is 4.74 Å². The van der Waals surface area contributed by atoms with E-state index in [0.29, 0.717) is 26.3 Å². The number of nitrogens with zero attached hydrogens (tertiary/aromatic N) is 3. The van der Waals surface area contributed by atoms with Gasteiger partial charge in [0.05, 0.1) is 19.8 Å². The molecule has 0 spiro atoms. The lowest BCUT2D eigenvalue weighted by Crippen LogP contribution is -2.49. The minimum atomic E-state index is -0.435. The monoisotopic (exact) mass is 266 g/mol. The number of hydrogen-bond acceptors (Lipinski definition) is 6. The highest BCUT2D eigenvalue weighted by Crippen LogP contribution is 2.26. The molecule has 0 amide bonds. The Bertz CT molecular complexity index is 452. The Morgan fingerprint density at radius 1 is 1.74 bits per heavy atom. The Hall–Kier alpha value is -2.02. The molecule has 1 unspecified atom stereocenters. The first kappa shape index (κ1) is 13.4. The summed E-state index contributed by atoms with van der Waals surface area (Å²) >= 11 is 0. The average Bonchev–Trinajstić information content (AvgIpc) is 2.47. The Balaban J connectivity index is 2.17. The normalized spacial score (nSPS) is 20.4. The van der Waals surface area contributed by atoms with E-state index < -0.39 is 6.10 Å². The standard InChI is InChI=1S/C12H18N4O3/c1-2-18-9-4-3-5-14-12(9)16-6-7-19-10(8-16)11(13)15-17/h3-5,10,17H,2,6-8H2,1H3,(H2,13,15). The molecule has 3 N–H and O–H groups in total. The summed E-state index contributed by atoms with van der Waals surface area (Å²) in [4.78, 5) is 6.35. The zero-order valence-electron chi connectivity index (χ0n) is 10.8. The summed E-state index contributed by atoms with van der Waals surface area (Å²) in [7, 11) is 0. The van der Waals surface area contributed by atoms with Crippen molar-refractivity contribution in [2.75, 3.05) is 31.2 Å². The van der Waals surface area contributed by atoms with Crippen LogP contribution >= 0.6 is 0 Å². The lowest BCUT2D eigenvalue weighted by molar-refractivity contribution is 0.0801. The maximum Gasteiger partial charge on any atom is 0.171 e. The van der Waals surface area contributed by atoms with Gasteiger partial charge in [-0.15, -0.1) is 0 Å². The van der Waals surface area contributed by atoms with Gasteiger partial charge in [0.15, 0.2) is 17.4 Å². The van der Waals surface area contributed by atoms with Gasteiger partial charge in [0, 0.05) is 12.7 Å². The molecule has 1 atom stereocenters. The van der Waals surface area contributed by atoms with Crippen molar-refractivity contribution in [3.8, 4) is 5.75 Å². The first-order valence-corrected chi connectivity index (χ1v) is 6.18. The lowest BCUT2D eigenvalue weighted by Gasteiger charge is -2.33. The fourth-order valence-corrected chi connectivity index (χ4v) is 1.97. The number of hydrogen-bond donors (Lipinski definition) is 2. The molecule has 0 bridgehead atoms. The molecule has 7 heteroatoms. The molecular weight excluding hydrogens is 248 g/mol. The number of oxime groups is 1. The van der Waals surface area contributed by atoms with Crippen molar-refractivity contribution in [1.82, 2.24) is 4.98 Å². The van der Waals surface area contributed by atoms with E-state index in [2.05, 4.69) is 10.1 Å². The van der Waals surface area contributed by atoms with Gasteiger partial charge in [-0.3, -0.25) is 0 Å². The van der Waals surface area contributed by atoms with E-state index in [1.165, 1.54) is 0 Å². The second-order valence-corrected chi connectivity index (χ2v) is 4.09. The molecule has 0 saturated carbocycles. The van der Waals surface area contributed by atoms with Crippen molar-refractivity contribution in [1.29, 1.82) is 0 Å². The molecule has 0 aliphatic carbocycles. The summed E-state index contributed by atoms with van der Waals surface area (Å²) in [5, 5.41) is 11.7. The Morgan fingerprint density at radius 3 is 3.32 bits per heavy atom. The van der Waals surface area contributed by atoms with Gasteiger partial charge in [0.1, 0.15) is 6.10 Å². The summed E-state index contributed by atoms with van der Waals surface area (Å²) in [5.74, 6) is 1.55. The predicted molar refractivity (Wildman–Crippen MR) is 70.8 cm³/mol. The largest absolute Gasteiger partial charge is 0.490 e. The molecule has 19 heavy (non-hydrogen) atoms. The van der Waals surface area contributed by atoms with Crippen molar-refractivity contribution in [2.24, 2.45) is 10.9 Å². The molecular formula is C12H18N4O3. The Labute approximate surface area is 111 Å². The van der Waals surface area contributed by atoms with Crippen LogP contribution in [-0.4, -0.2) is 48.4 Å². The van der Waals surface area contributed by atoms with Crippen LogP contribution in [0.3, 0.4) is 0 Å². The highest BCUT2D eigenvalue weighted by atomic mass is 16.5. The summed E-state index contributed by atoms with van der Waals surface area (Å²) in [5.41, 5.74) is 5.58. The van der Waals surface area contributed by atoms with Crippen molar-refractivity contribution in [3.05, 3.63) is 18.3 Å². The summed E-state index contributed by atoms with van der Waals surface area (Å²) in [6.45, 7) is 4.16. The first-order valence-electron chi connectivity index (χ1n) is 6.18. The lowest BCUT2D eigenvalue weighted by atomic mass is 10.2. The van der Waals surface area contributed by atoms with E-state index in [1.54, 1.807) is 6.20 Å². The van der Waals surface area contributed by atoms with Gasteiger partial charge < -0.3 is 25.3 Å². The molecule has 1 aliphatic rings. The number of pyridine rings is 1. The molecule has 1 aromatic rings. The maximum absolute atomic E-state index is 8.71. The van der Waals surface area contributed by atoms with Crippen LogP contribution < -0.4 is 15.4 Å². The topological polar surface area (TPSA) is 93.2 Å². The first-order chi connectivity index (χ1) is 9.26. The molecule has 104 valence electrons. The summed E-state index contributed by atoms with van der Waals surface area (Å²) in [6.07, 6.45) is 1.28. The smallest absolute Gasteiger partial charge is 0.171 e. The van der Waals surface area contributed by atoms with Crippen molar-refractivity contribution < 1.29 is 14.7 Å². The Morgan fingerprint density at radius 2 is 2.58 bits per heavy atom. The predicted octanol–water partition coefficient (Wildman–Crippen LogP) is 0.432. The molecule has 0 aromatic carbocycles. The minimum Gasteiger partial charge on any atom is -0.490 e. The third kappa shape index (κ3) is 3.05. The number of nitrogens with two attached hydrogens (primary N) is 1. The van der Waals surface area contributed by atoms with E-state index >= 15 is 0 Å². The third-order valence-corrected chi connectivity index (χ3v) is 2.86. The van der Waals surface area contributed by atoms with Crippen LogP contribution in [0.25, 0.3) is 0 Å². The fourth-order valence-electron chi connectivity index (χ4n) is 1.97. The van der Waals surface area contributed by atoms with Crippen molar-refractivity contribution in [3.63, 3.8) is 0 Å². The fraction of sp³-hybridized carbons (Fsp3) is 0.500. The van der Waals surface area contributed by atoms with E-state index in [1.807, 2.05) is 24.0 Å². The summed E-state index contributed by atoms with van der Waals surface area (Å²) in [6, 6.07) is 3.70. The van der Waals surface area contributed by atoms with Gasteiger partial charge in [-0.2, -0.15) is 0 Å². The van der Waals surface area contributed by atoms with Gasteiger partial charge in [-0.05, 0) is 19.1 Å². The average molecular weight is 266 g/mol. The third-order valence-electron chi connectivity index (χ3n) is 2.86. The van der Waals surface area contributed by atoms with E-state index in [9.17, 15) is 0 Å². The van der Waals surface area contributed by atoms with Crippen LogP contribution in [0.15, 0.2) is 23.5 Å². The number of rotatable bonds is 4. The zero-order valence-corrected chi connectivity index (χ0v) is 10.8. The summed E-state index contributed by atoms with van der Waals surface area (Å²) < 4.78 is 11.0. The highest BCUT2D eigenvalue weighted by molar-refractivity contribution is 5.85. The number of anilines is 1. The van der Waals surface area contributed by atoms with Crippen molar-refractivity contribution >= 4 is 11.7 Å². The SMILES string of the molecule is CCOc1cccnc1N1CCOC(/C(N)=N/O)C1. The molecule has 1 aromatic heterocycles. The molecule has 2 heterocycles. The number of aromatic nitrogens is 1. The maximum atomic E-state index is 8.71.